The molecule has 0 spiro atoms. The van der Waals surface area contributed by atoms with Gasteiger partial charge in [-0.05, 0) is 24.3 Å². The topological polar surface area (TPSA) is 109 Å². The van der Waals surface area contributed by atoms with E-state index in [2.05, 4.69) is 21.2 Å². The average Bonchev–Trinajstić information content (AvgIpc) is 2.38. The van der Waals surface area contributed by atoms with Crippen LogP contribution in [-0.2, 0) is 14.4 Å². The van der Waals surface area contributed by atoms with Crippen molar-refractivity contribution in [3.63, 3.8) is 0 Å². The molecule has 0 bridgehead atoms. The molecule has 0 radical (unpaired) electrons. The molecule has 0 aliphatic rings. The van der Waals surface area contributed by atoms with E-state index in [0.29, 0.717) is 4.47 Å². The Labute approximate surface area is 127 Å². The number of aliphatic carboxylic acids is 1. The highest BCUT2D eigenvalue weighted by Gasteiger charge is 2.21. The summed E-state index contributed by atoms with van der Waals surface area (Å²) in [6.45, 7) is 0. The van der Waals surface area contributed by atoms with Crippen molar-refractivity contribution in [2.24, 2.45) is 5.73 Å². The molecule has 0 fully saturated rings. The third kappa shape index (κ3) is 5.74. The molecule has 1 aromatic rings. The zero-order valence-corrected chi connectivity index (χ0v) is 12.3. The highest BCUT2D eigenvalue weighted by Crippen LogP contribution is 2.16. The highest BCUT2D eigenvalue weighted by atomic mass is 79.9. The van der Waals surface area contributed by atoms with Crippen molar-refractivity contribution < 1.29 is 23.9 Å². The Morgan fingerprint density at radius 2 is 2.10 bits per heavy atom. The molecular formula is C13H12BrFN2O4. The molecular weight excluding hydrogens is 347 g/mol. The average molecular weight is 359 g/mol. The van der Waals surface area contributed by atoms with Gasteiger partial charge in [-0.15, -0.1) is 0 Å². The van der Waals surface area contributed by atoms with Gasteiger partial charge in [0.15, 0.2) is 0 Å². The molecule has 112 valence electrons. The SMILES string of the molecule is NC(=O)C[C@@H](NC(=O)/C=C/c1cc(Br)ccc1F)C(=O)O. The van der Waals surface area contributed by atoms with E-state index in [1.165, 1.54) is 24.3 Å². The normalized spacial score (nSPS) is 12.1. The van der Waals surface area contributed by atoms with Crippen LogP contribution in [0, 0.1) is 5.82 Å². The minimum atomic E-state index is -1.42. The maximum absolute atomic E-state index is 13.4. The lowest BCUT2D eigenvalue weighted by molar-refractivity contribution is -0.142. The van der Waals surface area contributed by atoms with Crippen molar-refractivity contribution >= 4 is 39.8 Å². The first kappa shape index (κ1) is 16.8. The maximum atomic E-state index is 13.4. The van der Waals surface area contributed by atoms with Gasteiger partial charge < -0.3 is 16.2 Å². The third-order valence-electron chi connectivity index (χ3n) is 2.39. The lowest BCUT2D eigenvalue weighted by Crippen LogP contribution is -2.42. The Morgan fingerprint density at radius 3 is 2.67 bits per heavy atom. The van der Waals surface area contributed by atoms with Crippen molar-refractivity contribution in [1.82, 2.24) is 5.32 Å². The van der Waals surface area contributed by atoms with Crippen molar-refractivity contribution in [3.05, 3.63) is 40.1 Å². The van der Waals surface area contributed by atoms with Crippen LogP contribution in [0.5, 0.6) is 0 Å². The van der Waals surface area contributed by atoms with Crippen molar-refractivity contribution in [1.29, 1.82) is 0 Å². The second-order valence-electron chi connectivity index (χ2n) is 4.07. The molecule has 0 aromatic heterocycles. The second-order valence-corrected chi connectivity index (χ2v) is 4.98. The van der Waals surface area contributed by atoms with Gasteiger partial charge in [-0.3, -0.25) is 9.59 Å². The summed E-state index contributed by atoms with van der Waals surface area (Å²) in [7, 11) is 0. The first-order valence-electron chi connectivity index (χ1n) is 5.74. The summed E-state index contributed by atoms with van der Waals surface area (Å²) >= 11 is 3.16. The Hall–Kier alpha value is -2.22. The van der Waals surface area contributed by atoms with Gasteiger partial charge >= 0.3 is 5.97 Å². The molecule has 2 amide bonds. The van der Waals surface area contributed by atoms with Gasteiger partial charge in [0.05, 0.1) is 6.42 Å². The number of carbonyl (C=O) groups excluding carboxylic acids is 2. The molecule has 0 saturated heterocycles. The second kappa shape index (κ2) is 7.53. The van der Waals surface area contributed by atoms with Gasteiger partial charge in [0.1, 0.15) is 11.9 Å². The monoisotopic (exact) mass is 358 g/mol. The van der Waals surface area contributed by atoms with Crippen LogP contribution in [-0.4, -0.2) is 28.9 Å². The van der Waals surface area contributed by atoms with E-state index >= 15 is 0 Å². The van der Waals surface area contributed by atoms with Crippen LogP contribution < -0.4 is 11.1 Å². The van der Waals surface area contributed by atoms with Crippen LogP contribution in [0.1, 0.15) is 12.0 Å². The van der Waals surface area contributed by atoms with Crippen molar-refractivity contribution in [2.75, 3.05) is 0 Å². The fourth-order valence-corrected chi connectivity index (χ4v) is 1.81. The lowest BCUT2D eigenvalue weighted by Gasteiger charge is -2.10. The molecule has 1 rings (SSSR count). The Balaban J connectivity index is 2.75. The fourth-order valence-electron chi connectivity index (χ4n) is 1.43. The molecule has 4 N–H and O–H groups in total. The number of carboxylic acids is 1. The van der Waals surface area contributed by atoms with Gasteiger partial charge in [-0.2, -0.15) is 0 Å². The summed E-state index contributed by atoms with van der Waals surface area (Å²) in [5.41, 5.74) is 5.04. The summed E-state index contributed by atoms with van der Waals surface area (Å²) in [4.78, 5) is 33.1. The number of rotatable bonds is 6. The van der Waals surface area contributed by atoms with E-state index in [-0.39, 0.29) is 5.56 Å². The molecule has 6 nitrogen and oxygen atoms in total. The van der Waals surface area contributed by atoms with Gasteiger partial charge in [-0.25, -0.2) is 9.18 Å². The maximum Gasteiger partial charge on any atom is 0.326 e. The number of nitrogens with one attached hydrogen (secondary N) is 1. The summed E-state index contributed by atoms with van der Waals surface area (Å²) in [6, 6.07) is 2.75. The van der Waals surface area contributed by atoms with E-state index in [9.17, 15) is 18.8 Å². The van der Waals surface area contributed by atoms with Gasteiger partial charge in [0, 0.05) is 16.1 Å². The zero-order valence-electron chi connectivity index (χ0n) is 10.7. The molecule has 0 heterocycles. The number of carbonyl (C=O) groups is 3. The number of primary amides is 1. The minimum Gasteiger partial charge on any atom is -0.480 e. The Kier molecular flexibility index (Phi) is 6.04. The third-order valence-corrected chi connectivity index (χ3v) is 2.89. The number of benzene rings is 1. The quantitative estimate of drug-likeness (QED) is 0.660. The van der Waals surface area contributed by atoms with Crippen molar-refractivity contribution in [2.45, 2.75) is 12.5 Å². The molecule has 8 heteroatoms. The fraction of sp³-hybridized carbons (Fsp3) is 0.154. The minimum absolute atomic E-state index is 0.154. The first-order valence-corrected chi connectivity index (χ1v) is 6.53. The molecule has 0 aliphatic carbocycles. The van der Waals surface area contributed by atoms with Gasteiger partial charge in [-0.1, -0.05) is 15.9 Å². The number of hydrogen-bond donors (Lipinski definition) is 3. The summed E-state index contributed by atoms with van der Waals surface area (Å²) in [5.74, 6) is -3.55. The molecule has 1 atom stereocenters. The first-order chi connectivity index (χ1) is 9.79. The standard InChI is InChI=1S/C13H12BrFN2O4/c14-8-2-3-9(15)7(5-8)1-4-12(19)17-10(13(20)21)6-11(16)18/h1-5,10H,6H2,(H2,16,18)(H,17,19)(H,20,21)/b4-1+/t10-/m1/s1. The molecule has 0 unspecified atom stereocenters. The molecule has 0 aliphatic heterocycles. The Morgan fingerprint density at radius 1 is 1.43 bits per heavy atom. The summed E-state index contributed by atoms with van der Waals surface area (Å²) in [6.07, 6.45) is 1.64. The highest BCUT2D eigenvalue weighted by molar-refractivity contribution is 9.10. The van der Waals surface area contributed by atoms with Crippen LogP contribution in [0.15, 0.2) is 28.7 Å². The predicted molar refractivity (Wildman–Crippen MR) is 76.5 cm³/mol. The van der Waals surface area contributed by atoms with Gasteiger partial charge in [0.2, 0.25) is 11.8 Å². The van der Waals surface area contributed by atoms with E-state index in [4.69, 9.17) is 10.8 Å². The smallest absolute Gasteiger partial charge is 0.326 e. The lowest BCUT2D eigenvalue weighted by atomic mass is 10.2. The number of amides is 2. The number of hydrogen-bond acceptors (Lipinski definition) is 3. The largest absolute Gasteiger partial charge is 0.480 e. The molecule has 1 aromatic carbocycles. The van der Waals surface area contributed by atoms with E-state index in [1.54, 1.807) is 0 Å². The van der Waals surface area contributed by atoms with Crippen LogP contribution in [0.25, 0.3) is 6.08 Å². The predicted octanol–water partition coefficient (Wildman–Crippen LogP) is 1.05. The Bertz CT molecular complexity index is 604. The van der Waals surface area contributed by atoms with Crippen LogP contribution in [0.4, 0.5) is 4.39 Å². The molecule has 21 heavy (non-hydrogen) atoms. The van der Waals surface area contributed by atoms with Crippen LogP contribution in [0.2, 0.25) is 0 Å². The van der Waals surface area contributed by atoms with Crippen LogP contribution in [0.3, 0.4) is 0 Å². The number of carboxylic acid groups (broad SMARTS) is 1. The summed E-state index contributed by atoms with van der Waals surface area (Å²) in [5, 5.41) is 10.9. The van der Waals surface area contributed by atoms with Gasteiger partial charge in [0.25, 0.3) is 0 Å². The number of nitrogens with two attached hydrogens (primary N) is 1. The van der Waals surface area contributed by atoms with Crippen LogP contribution >= 0.6 is 15.9 Å². The van der Waals surface area contributed by atoms with E-state index in [1.807, 2.05) is 0 Å². The summed E-state index contributed by atoms with van der Waals surface area (Å²) < 4.78 is 14.0. The van der Waals surface area contributed by atoms with E-state index < -0.39 is 36.1 Å². The van der Waals surface area contributed by atoms with E-state index in [0.717, 1.165) is 6.08 Å². The molecule has 0 saturated carbocycles. The van der Waals surface area contributed by atoms with Crippen molar-refractivity contribution in [3.8, 4) is 0 Å². The number of halogens is 2. The zero-order chi connectivity index (χ0) is 16.0.